The predicted molar refractivity (Wildman–Crippen MR) is 94.7 cm³/mol. The number of carbonyl (C=O) groups is 1. The summed E-state index contributed by atoms with van der Waals surface area (Å²) in [6.07, 6.45) is 8.23. The first-order chi connectivity index (χ1) is 11.5. The highest BCUT2D eigenvalue weighted by molar-refractivity contribution is 6.02. The van der Waals surface area contributed by atoms with Gasteiger partial charge in [0.1, 0.15) is 12.3 Å². The van der Waals surface area contributed by atoms with Gasteiger partial charge in [0.25, 0.3) is 0 Å². The highest BCUT2D eigenvalue weighted by Gasteiger charge is 2.30. The molecule has 0 N–H and O–H groups in total. The predicted octanol–water partition coefficient (Wildman–Crippen LogP) is 4.17. The lowest BCUT2D eigenvalue weighted by molar-refractivity contribution is -0.132. The SMILES string of the molecule is CCCCCCN(C)C(=O)CC1CC(C2=CC=C(C)CC2F)=NO1. The molecule has 0 aromatic carbocycles. The second-order valence-electron chi connectivity index (χ2n) is 6.86. The molecule has 2 unspecified atom stereocenters. The minimum atomic E-state index is -1.02. The zero-order valence-corrected chi connectivity index (χ0v) is 15.1. The van der Waals surface area contributed by atoms with E-state index in [4.69, 9.17) is 4.84 Å². The van der Waals surface area contributed by atoms with E-state index in [1.807, 2.05) is 20.0 Å². The van der Waals surface area contributed by atoms with E-state index in [0.717, 1.165) is 25.0 Å². The highest BCUT2D eigenvalue weighted by atomic mass is 19.1. The molecule has 0 spiro atoms. The third-order valence-electron chi connectivity index (χ3n) is 4.63. The van der Waals surface area contributed by atoms with Crippen LogP contribution < -0.4 is 0 Å². The Balaban J connectivity index is 1.77. The Morgan fingerprint density at radius 3 is 2.83 bits per heavy atom. The molecule has 5 heteroatoms. The number of oxime groups is 1. The molecule has 0 aromatic rings. The molecule has 134 valence electrons. The average Bonchev–Trinajstić information content (AvgIpc) is 2.99. The van der Waals surface area contributed by atoms with Crippen LogP contribution in [-0.4, -0.2) is 42.4 Å². The topological polar surface area (TPSA) is 41.9 Å². The van der Waals surface area contributed by atoms with Crippen LogP contribution in [-0.2, 0) is 9.63 Å². The summed E-state index contributed by atoms with van der Waals surface area (Å²) in [6.45, 7) is 4.87. The first-order valence-corrected chi connectivity index (χ1v) is 8.99. The molecule has 1 heterocycles. The third kappa shape index (κ3) is 5.18. The van der Waals surface area contributed by atoms with Crippen LogP contribution in [0.1, 0.15) is 58.8 Å². The van der Waals surface area contributed by atoms with Crippen LogP contribution in [0.2, 0.25) is 0 Å². The average molecular weight is 336 g/mol. The number of carbonyl (C=O) groups excluding carboxylic acids is 1. The lowest BCUT2D eigenvalue weighted by Gasteiger charge is -2.19. The molecule has 0 saturated carbocycles. The quantitative estimate of drug-likeness (QED) is 0.624. The van der Waals surface area contributed by atoms with Gasteiger partial charge < -0.3 is 9.74 Å². The van der Waals surface area contributed by atoms with Crippen molar-refractivity contribution in [3.8, 4) is 0 Å². The largest absolute Gasteiger partial charge is 0.391 e. The maximum atomic E-state index is 14.1. The van der Waals surface area contributed by atoms with Crippen molar-refractivity contribution in [2.45, 2.75) is 71.1 Å². The Labute approximate surface area is 144 Å². The summed E-state index contributed by atoms with van der Waals surface area (Å²) >= 11 is 0. The van der Waals surface area contributed by atoms with Gasteiger partial charge in [0, 0.05) is 32.0 Å². The fourth-order valence-corrected chi connectivity index (χ4v) is 3.03. The van der Waals surface area contributed by atoms with Gasteiger partial charge in [0.05, 0.1) is 12.1 Å². The number of nitrogens with zero attached hydrogens (tertiary/aromatic N) is 2. The van der Waals surface area contributed by atoms with Crippen molar-refractivity contribution in [2.24, 2.45) is 5.16 Å². The number of rotatable bonds is 8. The van der Waals surface area contributed by atoms with Crippen molar-refractivity contribution < 1.29 is 14.0 Å². The number of amides is 1. The molecule has 0 bridgehead atoms. The van der Waals surface area contributed by atoms with E-state index in [1.54, 1.807) is 11.0 Å². The monoisotopic (exact) mass is 336 g/mol. The lowest BCUT2D eigenvalue weighted by Crippen LogP contribution is -2.31. The van der Waals surface area contributed by atoms with Gasteiger partial charge in [-0.15, -0.1) is 0 Å². The number of allylic oxidation sites excluding steroid dienone is 4. The zero-order valence-electron chi connectivity index (χ0n) is 15.1. The number of unbranched alkanes of at least 4 members (excludes halogenated alkanes) is 3. The summed E-state index contributed by atoms with van der Waals surface area (Å²) in [5.74, 6) is 0.0677. The van der Waals surface area contributed by atoms with E-state index >= 15 is 0 Å². The molecular weight excluding hydrogens is 307 g/mol. The first-order valence-electron chi connectivity index (χ1n) is 8.99. The minimum absolute atomic E-state index is 0.0677. The zero-order chi connectivity index (χ0) is 17.5. The Morgan fingerprint density at radius 2 is 2.12 bits per heavy atom. The van der Waals surface area contributed by atoms with E-state index in [1.165, 1.54) is 12.8 Å². The summed E-state index contributed by atoms with van der Waals surface area (Å²) in [4.78, 5) is 19.4. The van der Waals surface area contributed by atoms with Crippen LogP contribution >= 0.6 is 0 Å². The Morgan fingerprint density at radius 1 is 1.33 bits per heavy atom. The Hall–Kier alpha value is -1.65. The summed E-state index contributed by atoms with van der Waals surface area (Å²) < 4.78 is 14.1. The third-order valence-corrected chi connectivity index (χ3v) is 4.63. The van der Waals surface area contributed by atoms with Crippen molar-refractivity contribution in [1.29, 1.82) is 0 Å². The van der Waals surface area contributed by atoms with Gasteiger partial charge in [0.15, 0.2) is 0 Å². The number of halogens is 1. The van der Waals surface area contributed by atoms with E-state index < -0.39 is 6.17 Å². The van der Waals surface area contributed by atoms with Gasteiger partial charge >= 0.3 is 0 Å². The van der Waals surface area contributed by atoms with E-state index in [9.17, 15) is 9.18 Å². The fraction of sp³-hybridized carbons (Fsp3) is 0.684. The van der Waals surface area contributed by atoms with Crippen LogP contribution in [0.3, 0.4) is 0 Å². The smallest absolute Gasteiger partial charge is 0.226 e. The second kappa shape index (κ2) is 9.00. The van der Waals surface area contributed by atoms with E-state index in [-0.39, 0.29) is 12.0 Å². The standard InChI is InChI=1S/C19H29FN2O2/c1-4-5-6-7-10-22(3)19(23)13-15-12-18(21-24-15)16-9-8-14(2)11-17(16)20/h8-9,15,17H,4-7,10-13H2,1-3H3. The summed E-state index contributed by atoms with van der Waals surface area (Å²) in [6, 6.07) is 0. The second-order valence-corrected chi connectivity index (χ2v) is 6.86. The summed E-state index contributed by atoms with van der Waals surface area (Å²) in [7, 11) is 1.83. The van der Waals surface area contributed by atoms with Crippen molar-refractivity contribution in [2.75, 3.05) is 13.6 Å². The summed E-state index contributed by atoms with van der Waals surface area (Å²) in [5.41, 5.74) is 2.28. The van der Waals surface area contributed by atoms with Crippen LogP contribution in [0.5, 0.6) is 0 Å². The molecule has 2 aliphatic rings. The van der Waals surface area contributed by atoms with Gasteiger partial charge in [-0.05, 0) is 13.3 Å². The van der Waals surface area contributed by atoms with E-state index in [0.29, 0.717) is 30.5 Å². The molecule has 4 nitrogen and oxygen atoms in total. The van der Waals surface area contributed by atoms with Gasteiger partial charge in [-0.2, -0.15) is 0 Å². The van der Waals surface area contributed by atoms with Crippen molar-refractivity contribution in [3.63, 3.8) is 0 Å². The van der Waals surface area contributed by atoms with Gasteiger partial charge in [-0.3, -0.25) is 4.79 Å². The Bertz CT molecular complexity index is 539. The maximum absolute atomic E-state index is 14.1. The van der Waals surface area contributed by atoms with Gasteiger partial charge in [0.2, 0.25) is 5.91 Å². The number of alkyl halides is 1. The fourth-order valence-electron chi connectivity index (χ4n) is 3.03. The van der Waals surface area contributed by atoms with Crippen LogP contribution in [0, 0.1) is 0 Å². The normalized spacial score (nSPS) is 23.2. The maximum Gasteiger partial charge on any atom is 0.226 e. The lowest BCUT2D eigenvalue weighted by atomic mass is 9.92. The molecule has 0 radical (unpaired) electrons. The molecule has 24 heavy (non-hydrogen) atoms. The molecule has 2 rings (SSSR count). The van der Waals surface area contributed by atoms with Crippen LogP contribution in [0.4, 0.5) is 4.39 Å². The molecule has 1 aliphatic heterocycles. The molecular formula is C19H29FN2O2. The van der Waals surface area contributed by atoms with Crippen molar-refractivity contribution in [3.05, 3.63) is 23.3 Å². The first kappa shape index (κ1) is 18.7. The molecule has 0 saturated heterocycles. The highest BCUT2D eigenvalue weighted by Crippen LogP contribution is 2.28. The molecule has 2 atom stereocenters. The molecule has 1 aliphatic carbocycles. The number of hydrogen-bond donors (Lipinski definition) is 0. The molecule has 0 fully saturated rings. The Kier molecular flexibility index (Phi) is 7.00. The van der Waals surface area contributed by atoms with Crippen molar-refractivity contribution >= 4 is 11.6 Å². The van der Waals surface area contributed by atoms with E-state index in [2.05, 4.69) is 12.1 Å². The summed E-state index contributed by atoms with van der Waals surface area (Å²) in [5, 5.41) is 4.02. The minimum Gasteiger partial charge on any atom is -0.391 e. The van der Waals surface area contributed by atoms with Crippen molar-refractivity contribution in [1.82, 2.24) is 4.90 Å². The van der Waals surface area contributed by atoms with Gasteiger partial charge in [-0.25, -0.2) is 4.39 Å². The molecule has 1 amide bonds. The van der Waals surface area contributed by atoms with Gasteiger partial charge in [-0.1, -0.05) is 49.1 Å². The molecule has 0 aromatic heterocycles. The number of hydrogen-bond acceptors (Lipinski definition) is 3. The van der Waals surface area contributed by atoms with Crippen LogP contribution in [0.15, 0.2) is 28.5 Å². The van der Waals surface area contributed by atoms with Crippen LogP contribution in [0.25, 0.3) is 0 Å².